The van der Waals surface area contributed by atoms with E-state index in [4.69, 9.17) is 21.7 Å². The maximum atomic E-state index is 13.8. The van der Waals surface area contributed by atoms with Gasteiger partial charge in [-0.1, -0.05) is 36.4 Å². The molecule has 0 heterocycles. The average molecular weight is 424 g/mol. The standard InChI is InChI=1S/C23H22FN3O2S/c1-2-28-22-14-17(15-25-27-23(30)26-19-9-4-3-5-10-19)12-13-21(22)29-16-18-8-6-7-11-20(18)24/h3-15H,2,16H2,1H3,(H2,26,27,30)/b25-15+. The third-order valence-corrected chi connectivity index (χ3v) is 4.21. The molecule has 30 heavy (non-hydrogen) atoms. The Morgan fingerprint density at radius 3 is 2.53 bits per heavy atom. The van der Waals surface area contributed by atoms with Crippen LogP contribution in [0.15, 0.2) is 77.9 Å². The van der Waals surface area contributed by atoms with Crippen molar-refractivity contribution in [2.24, 2.45) is 5.10 Å². The number of nitrogens with one attached hydrogen (secondary N) is 2. The highest BCUT2D eigenvalue weighted by Gasteiger charge is 2.08. The van der Waals surface area contributed by atoms with E-state index in [-0.39, 0.29) is 12.4 Å². The molecule has 0 bridgehead atoms. The molecular weight excluding hydrogens is 401 g/mol. The van der Waals surface area contributed by atoms with E-state index >= 15 is 0 Å². The summed E-state index contributed by atoms with van der Waals surface area (Å²) in [6, 6.07) is 21.5. The minimum Gasteiger partial charge on any atom is -0.490 e. The molecule has 7 heteroatoms. The van der Waals surface area contributed by atoms with Gasteiger partial charge in [0.1, 0.15) is 12.4 Å². The number of hydrogen-bond donors (Lipinski definition) is 2. The molecule has 0 atom stereocenters. The molecule has 3 aromatic rings. The quantitative estimate of drug-likeness (QED) is 0.299. The zero-order chi connectivity index (χ0) is 21.2. The van der Waals surface area contributed by atoms with Crippen molar-refractivity contribution in [1.29, 1.82) is 0 Å². The maximum Gasteiger partial charge on any atom is 0.191 e. The van der Waals surface area contributed by atoms with E-state index in [1.165, 1.54) is 6.07 Å². The van der Waals surface area contributed by atoms with Crippen LogP contribution in [0.4, 0.5) is 10.1 Å². The number of ether oxygens (including phenoxy) is 2. The first-order chi connectivity index (χ1) is 14.7. The van der Waals surface area contributed by atoms with Crippen LogP contribution in [-0.2, 0) is 6.61 Å². The molecule has 0 saturated carbocycles. The number of halogens is 1. The lowest BCUT2D eigenvalue weighted by atomic mass is 10.2. The predicted molar refractivity (Wildman–Crippen MR) is 122 cm³/mol. The molecule has 0 unspecified atom stereocenters. The Hall–Kier alpha value is -3.45. The molecule has 0 saturated heterocycles. The minimum atomic E-state index is -0.301. The minimum absolute atomic E-state index is 0.112. The fourth-order valence-electron chi connectivity index (χ4n) is 2.61. The van der Waals surface area contributed by atoms with E-state index in [0.29, 0.717) is 28.8 Å². The van der Waals surface area contributed by atoms with Crippen molar-refractivity contribution in [1.82, 2.24) is 5.43 Å². The third-order valence-electron chi connectivity index (χ3n) is 4.02. The number of nitrogens with zero attached hydrogens (tertiary/aromatic N) is 1. The number of hydrogen-bond acceptors (Lipinski definition) is 4. The van der Waals surface area contributed by atoms with Gasteiger partial charge in [-0.05, 0) is 61.1 Å². The van der Waals surface area contributed by atoms with E-state index in [0.717, 1.165) is 11.3 Å². The van der Waals surface area contributed by atoms with E-state index in [2.05, 4.69) is 15.8 Å². The van der Waals surface area contributed by atoms with E-state index in [1.807, 2.05) is 43.3 Å². The summed E-state index contributed by atoms with van der Waals surface area (Å²) < 4.78 is 25.2. The topological polar surface area (TPSA) is 54.9 Å². The smallest absolute Gasteiger partial charge is 0.191 e. The number of thiocarbonyl (C=S) groups is 1. The van der Waals surface area contributed by atoms with Crippen LogP contribution in [0.25, 0.3) is 0 Å². The molecule has 0 aromatic heterocycles. The summed E-state index contributed by atoms with van der Waals surface area (Å²) in [7, 11) is 0. The van der Waals surface area contributed by atoms with Crippen LogP contribution in [0.1, 0.15) is 18.1 Å². The van der Waals surface area contributed by atoms with Crippen LogP contribution in [0, 0.1) is 5.82 Å². The fourth-order valence-corrected chi connectivity index (χ4v) is 2.78. The van der Waals surface area contributed by atoms with Crippen molar-refractivity contribution >= 4 is 29.2 Å². The Morgan fingerprint density at radius 2 is 1.77 bits per heavy atom. The van der Waals surface area contributed by atoms with Crippen molar-refractivity contribution in [3.05, 3.63) is 89.7 Å². The molecule has 0 radical (unpaired) electrons. The van der Waals surface area contributed by atoms with Crippen molar-refractivity contribution in [3.8, 4) is 11.5 Å². The molecule has 0 aliphatic rings. The molecule has 0 fully saturated rings. The van der Waals surface area contributed by atoms with Gasteiger partial charge < -0.3 is 14.8 Å². The summed E-state index contributed by atoms with van der Waals surface area (Å²) >= 11 is 5.22. The summed E-state index contributed by atoms with van der Waals surface area (Å²) in [4.78, 5) is 0. The highest BCUT2D eigenvalue weighted by molar-refractivity contribution is 7.80. The summed E-state index contributed by atoms with van der Waals surface area (Å²) in [5.74, 6) is 0.791. The van der Waals surface area contributed by atoms with Crippen LogP contribution < -0.4 is 20.2 Å². The molecule has 0 amide bonds. The van der Waals surface area contributed by atoms with Gasteiger partial charge in [-0.25, -0.2) is 4.39 Å². The third kappa shape index (κ3) is 6.28. The summed E-state index contributed by atoms with van der Waals surface area (Å²) in [6.07, 6.45) is 1.63. The van der Waals surface area contributed by atoms with E-state index < -0.39 is 0 Å². The predicted octanol–water partition coefficient (Wildman–Crippen LogP) is 5.12. The second-order valence-corrected chi connectivity index (χ2v) is 6.62. The molecule has 3 aromatic carbocycles. The number of anilines is 1. The number of hydrazone groups is 1. The van der Waals surface area contributed by atoms with Gasteiger partial charge in [0.05, 0.1) is 12.8 Å². The fraction of sp³-hybridized carbons (Fsp3) is 0.130. The molecule has 3 rings (SSSR count). The van der Waals surface area contributed by atoms with Gasteiger partial charge in [0.2, 0.25) is 0 Å². The molecule has 0 spiro atoms. The van der Waals surface area contributed by atoms with Gasteiger partial charge in [-0.15, -0.1) is 0 Å². The normalized spacial score (nSPS) is 10.6. The highest BCUT2D eigenvalue weighted by Crippen LogP contribution is 2.29. The molecule has 5 nitrogen and oxygen atoms in total. The Bertz CT molecular complexity index is 1010. The second-order valence-electron chi connectivity index (χ2n) is 6.21. The highest BCUT2D eigenvalue weighted by atomic mass is 32.1. The lowest BCUT2D eigenvalue weighted by Gasteiger charge is -2.13. The second kappa shape index (κ2) is 10.9. The summed E-state index contributed by atoms with van der Waals surface area (Å²) in [6.45, 7) is 2.47. The van der Waals surface area contributed by atoms with Crippen molar-refractivity contribution < 1.29 is 13.9 Å². The SMILES string of the molecule is CCOc1cc(/C=N/NC(=S)Nc2ccccc2)ccc1OCc1ccccc1F. The Morgan fingerprint density at radius 1 is 1.00 bits per heavy atom. The van der Waals surface area contributed by atoms with Gasteiger partial charge >= 0.3 is 0 Å². The van der Waals surface area contributed by atoms with Crippen molar-refractivity contribution in [2.45, 2.75) is 13.5 Å². The Kier molecular flexibility index (Phi) is 7.74. The van der Waals surface area contributed by atoms with Crippen LogP contribution >= 0.6 is 12.2 Å². The Balaban J connectivity index is 1.61. The van der Waals surface area contributed by atoms with Crippen LogP contribution in [0.2, 0.25) is 0 Å². The lowest BCUT2D eigenvalue weighted by molar-refractivity contribution is 0.266. The van der Waals surface area contributed by atoms with Crippen LogP contribution in [-0.4, -0.2) is 17.9 Å². The largest absolute Gasteiger partial charge is 0.490 e. The molecule has 154 valence electrons. The first-order valence-corrected chi connectivity index (χ1v) is 9.84. The molecule has 0 aliphatic heterocycles. The average Bonchev–Trinajstić information content (AvgIpc) is 2.75. The van der Waals surface area contributed by atoms with Crippen molar-refractivity contribution in [3.63, 3.8) is 0 Å². The molecule has 0 aliphatic carbocycles. The number of rotatable bonds is 8. The maximum absolute atomic E-state index is 13.8. The van der Waals surface area contributed by atoms with Gasteiger partial charge in [0.25, 0.3) is 0 Å². The zero-order valence-electron chi connectivity index (χ0n) is 16.5. The number of para-hydroxylation sites is 1. The monoisotopic (exact) mass is 423 g/mol. The van der Waals surface area contributed by atoms with Gasteiger partial charge in [0.15, 0.2) is 16.6 Å². The van der Waals surface area contributed by atoms with E-state index in [1.54, 1.807) is 36.5 Å². The molecule has 2 N–H and O–H groups in total. The van der Waals surface area contributed by atoms with Crippen LogP contribution in [0.5, 0.6) is 11.5 Å². The van der Waals surface area contributed by atoms with Crippen molar-refractivity contribution in [2.75, 3.05) is 11.9 Å². The number of benzene rings is 3. The first kappa shape index (κ1) is 21.3. The van der Waals surface area contributed by atoms with Gasteiger partial charge in [0, 0.05) is 11.3 Å². The first-order valence-electron chi connectivity index (χ1n) is 9.44. The summed E-state index contributed by atoms with van der Waals surface area (Å²) in [5.41, 5.74) is 4.93. The van der Waals surface area contributed by atoms with Gasteiger partial charge in [-0.3, -0.25) is 5.43 Å². The lowest BCUT2D eigenvalue weighted by Crippen LogP contribution is -2.23. The molecular formula is C23H22FN3O2S. The summed E-state index contributed by atoms with van der Waals surface area (Å²) in [5, 5.41) is 7.57. The van der Waals surface area contributed by atoms with Crippen LogP contribution in [0.3, 0.4) is 0 Å². The Labute approximate surface area is 180 Å². The van der Waals surface area contributed by atoms with Gasteiger partial charge in [-0.2, -0.15) is 5.10 Å². The van der Waals surface area contributed by atoms with E-state index in [9.17, 15) is 4.39 Å². The zero-order valence-corrected chi connectivity index (χ0v) is 17.3.